The first-order chi connectivity index (χ1) is 12.6. The van der Waals surface area contributed by atoms with Crippen LogP contribution in [0.25, 0.3) is 0 Å². The molecule has 1 heterocycles. The van der Waals surface area contributed by atoms with Gasteiger partial charge in [-0.25, -0.2) is 0 Å². The van der Waals surface area contributed by atoms with Crippen LogP contribution in [0.2, 0.25) is 0 Å². The molecular weight excluding hydrogens is 347 g/mol. The van der Waals surface area contributed by atoms with Crippen LogP contribution in [0.3, 0.4) is 0 Å². The zero-order valence-electron chi connectivity index (χ0n) is 15.3. The summed E-state index contributed by atoms with van der Waals surface area (Å²) < 4.78 is 31.5. The fraction of sp³-hybridized carbons (Fsp3) is 0.333. The van der Waals surface area contributed by atoms with Gasteiger partial charge in [-0.05, 0) is 13.8 Å². The van der Waals surface area contributed by atoms with Crippen molar-refractivity contribution >= 4 is 7.60 Å². The highest BCUT2D eigenvalue weighted by molar-refractivity contribution is 7.54. The van der Waals surface area contributed by atoms with Gasteiger partial charge in [0.05, 0.1) is 19.0 Å². The minimum absolute atomic E-state index is 0.305. The fourth-order valence-electron chi connectivity index (χ4n) is 3.65. The topological polar surface area (TPSA) is 44.8 Å². The van der Waals surface area contributed by atoms with Crippen LogP contribution in [0.1, 0.15) is 31.4 Å². The van der Waals surface area contributed by atoms with E-state index >= 15 is 0 Å². The van der Waals surface area contributed by atoms with Crippen LogP contribution in [0.15, 0.2) is 73.0 Å². The van der Waals surface area contributed by atoms with Crippen molar-refractivity contribution in [1.82, 2.24) is 0 Å². The molecule has 0 N–H and O–H groups in total. The lowest BCUT2D eigenvalue weighted by molar-refractivity contribution is 0.0698. The summed E-state index contributed by atoms with van der Waals surface area (Å²) in [6, 6.07) is 19.7. The monoisotopic (exact) mass is 372 g/mol. The first kappa shape index (κ1) is 18.9. The van der Waals surface area contributed by atoms with Crippen molar-refractivity contribution in [1.29, 1.82) is 0 Å². The van der Waals surface area contributed by atoms with Crippen LogP contribution < -0.4 is 0 Å². The summed E-state index contributed by atoms with van der Waals surface area (Å²) in [6.07, 6.45) is 0.418. The molecular formula is C21H25O4P. The largest absolute Gasteiger partial charge is 0.482 e. The Kier molecular flexibility index (Phi) is 5.67. The van der Waals surface area contributed by atoms with E-state index in [2.05, 4.69) is 6.58 Å². The number of hydrogen-bond donors (Lipinski definition) is 0. The van der Waals surface area contributed by atoms with Crippen molar-refractivity contribution in [3.05, 3.63) is 84.1 Å². The highest BCUT2D eigenvalue weighted by atomic mass is 31.2. The van der Waals surface area contributed by atoms with Crippen LogP contribution in [-0.2, 0) is 24.0 Å². The summed E-state index contributed by atoms with van der Waals surface area (Å²) in [6.45, 7) is 8.29. The summed E-state index contributed by atoms with van der Waals surface area (Å²) in [4.78, 5) is 0. The van der Waals surface area contributed by atoms with Gasteiger partial charge in [0, 0.05) is 17.5 Å². The van der Waals surface area contributed by atoms with Gasteiger partial charge in [-0.2, -0.15) is 0 Å². The first-order valence-electron chi connectivity index (χ1n) is 8.93. The van der Waals surface area contributed by atoms with Crippen LogP contribution in [0.5, 0.6) is 0 Å². The Morgan fingerprint density at radius 2 is 1.46 bits per heavy atom. The average Bonchev–Trinajstić information content (AvgIpc) is 3.03. The highest BCUT2D eigenvalue weighted by Crippen LogP contribution is 2.66. The number of rotatable bonds is 7. The van der Waals surface area contributed by atoms with Gasteiger partial charge in [-0.3, -0.25) is 4.57 Å². The van der Waals surface area contributed by atoms with E-state index < -0.39 is 18.9 Å². The fourth-order valence-corrected chi connectivity index (χ4v) is 6.03. The van der Waals surface area contributed by atoms with E-state index in [1.807, 2.05) is 74.5 Å². The van der Waals surface area contributed by atoms with Crippen LogP contribution >= 0.6 is 7.60 Å². The molecule has 1 saturated heterocycles. The molecule has 3 rings (SSSR count). The van der Waals surface area contributed by atoms with Crippen molar-refractivity contribution < 1.29 is 18.3 Å². The minimum Gasteiger partial charge on any atom is -0.482 e. The summed E-state index contributed by atoms with van der Waals surface area (Å²) in [7, 11) is -3.44. The maximum atomic E-state index is 13.8. The predicted molar refractivity (Wildman–Crippen MR) is 103 cm³/mol. The molecule has 0 bridgehead atoms. The molecule has 1 atom stereocenters. The van der Waals surface area contributed by atoms with E-state index in [-0.39, 0.29) is 0 Å². The van der Waals surface area contributed by atoms with E-state index in [1.165, 1.54) is 0 Å². The van der Waals surface area contributed by atoms with Crippen LogP contribution in [0.4, 0.5) is 0 Å². The molecule has 1 unspecified atom stereocenters. The lowest BCUT2D eigenvalue weighted by atomic mass is 9.83. The Morgan fingerprint density at radius 1 is 1.00 bits per heavy atom. The molecule has 2 aromatic rings. The Hall–Kier alpha value is -1.87. The van der Waals surface area contributed by atoms with E-state index in [1.54, 1.807) is 0 Å². The molecule has 0 spiro atoms. The molecule has 0 saturated carbocycles. The Balaban J connectivity index is 2.24. The maximum Gasteiger partial charge on any atom is 0.338 e. The number of ether oxygens (including phenoxy) is 1. The lowest BCUT2D eigenvalue weighted by Gasteiger charge is -2.37. The van der Waals surface area contributed by atoms with Crippen molar-refractivity contribution in [2.45, 2.75) is 31.5 Å². The van der Waals surface area contributed by atoms with Crippen molar-refractivity contribution in [2.24, 2.45) is 0 Å². The molecule has 1 aliphatic heterocycles. The summed E-state index contributed by atoms with van der Waals surface area (Å²) in [5.74, 6) is 0.585. The average molecular weight is 372 g/mol. The van der Waals surface area contributed by atoms with E-state index in [9.17, 15) is 4.57 Å². The predicted octanol–water partition coefficient (Wildman–Crippen LogP) is 5.50. The van der Waals surface area contributed by atoms with E-state index in [0.29, 0.717) is 25.4 Å². The van der Waals surface area contributed by atoms with Gasteiger partial charge < -0.3 is 13.8 Å². The molecule has 26 heavy (non-hydrogen) atoms. The Labute approximate surface area is 155 Å². The van der Waals surface area contributed by atoms with Gasteiger partial charge in [0.25, 0.3) is 0 Å². The SMILES string of the molecule is C=C1CC(P(=O)(OCC)OCC)C(c2ccccc2)(c2ccccc2)O1. The van der Waals surface area contributed by atoms with Crippen LogP contribution in [-0.4, -0.2) is 18.9 Å². The number of benzene rings is 2. The maximum absolute atomic E-state index is 13.8. The Morgan fingerprint density at radius 3 is 1.88 bits per heavy atom. The normalized spacial score (nSPS) is 19.3. The molecule has 0 radical (unpaired) electrons. The number of allylic oxidation sites excluding steroid dienone is 1. The molecule has 0 amide bonds. The molecule has 5 heteroatoms. The molecule has 2 aromatic carbocycles. The number of hydrogen-bond acceptors (Lipinski definition) is 4. The third-order valence-electron chi connectivity index (χ3n) is 4.60. The molecule has 138 valence electrons. The lowest BCUT2D eigenvalue weighted by Crippen LogP contribution is -2.38. The third-order valence-corrected chi connectivity index (χ3v) is 7.15. The van der Waals surface area contributed by atoms with Crippen molar-refractivity contribution in [3.63, 3.8) is 0 Å². The summed E-state index contributed by atoms with van der Waals surface area (Å²) >= 11 is 0. The second-order valence-corrected chi connectivity index (χ2v) is 8.42. The van der Waals surface area contributed by atoms with E-state index in [4.69, 9.17) is 13.8 Å². The Bertz CT molecular complexity index is 739. The standard InChI is InChI=1S/C21H25O4P/c1-4-23-26(22,24-5-2)20-16-17(3)25-21(20,18-12-8-6-9-13-18)19-14-10-7-11-15-19/h6-15,20H,3-5,16H2,1-2H3. The van der Waals surface area contributed by atoms with Crippen LogP contribution in [0, 0.1) is 0 Å². The molecule has 0 aliphatic carbocycles. The van der Waals surface area contributed by atoms with Gasteiger partial charge in [0.2, 0.25) is 0 Å². The molecule has 4 nitrogen and oxygen atoms in total. The molecule has 1 aliphatic rings. The van der Waals surface area contributed by atoms with Gasteiger partial charge >= 0.3 is 7.60 Å². The van der Waals surface area contributed by atoms with Crippen molar-refractivity contribution in [2.75, 3.05) is 13.2 Å². The first-order valence-corrected chi connectivity index (χ1v) is 10.5. The zero-order valence-corrected chi connectivity index (χ0v) is 16.2. The second-order valence-electron chi connectivity index (χ2n) is 6.20. The minimum atomic E-state index is -3.44. The van der Waals surface area contributed by atoms with Gasteiger partial charge in [0.15, 0.2) is 5.60 Å². The van der Waals surface area contributed by atoms with Crippen molar-refractivity contribution in [3.8, 4) is 0 Å². The molecule has 0 aromatic heterocycles. The summed E-state index contributed by atoms with van der Waals surface area (Å²) in [5.41, 5.74) is 0.357. The van der Waals surface area contributed by atoms with Gasteiger partial charge in [-0.1, -0.05) is 67.2 Å². The third kappa shape index (κ3) is 3.25. The zero-order chi connectivity index (χ0) is 18.6. The molecule has 1 fully saturated rings. The quantitative estimate of drug-likeness (QED) is 0.602. The summed E-state index contributed by atoms with van der Waals surface area (Å²) in [5, 5.41) is 0. The van der Waals surface area contributed by atoms with Gasteiger partial charge in [-0.15, -0.1) is 0 Å². The van der Waals surface area contributed by atoms with E-state index in [0.717, 1.165) is 11.1 Å². The smallest absolute Gasteiger partial charge is 0.338 e. The second kappa shape index (κ2) is 7.79. The highest BCUT2D eigenvalue weighted by Gasteiger charge is 2.59. The van der Waals surface area contributed by atoms with Gasteiger partial charge in [0.1, 0.15) is 5.66 Å².